The summed E-state index contributed by atoms with van der Waals surface area (Å²) in [5, 5.41) is 0. The van der Waals surface area contributed by atoms with Crippen LogP contribution in [0.2, 0.25) is 0 Å². The van der Waals surface area contributed by atoms with Crippen LogP contribution in [-0.4, -0.2) is 55.3 Å². The van der Waals surface area contributed by atoms with Gasteiger partial charge in [-0.25, -0.2) is 0 Å². The molecule has 0 atom stereocenters. The fourth-order valence-corrected chi connectivity index (χ4v) is 1.83. The third-order valence-electron chi connectivity index (χ3n) is 2.09. The van der Waals surface area contributed by atoms with E-state index >= 15 is 0 Å². The van der Waals surface area contributed by atoms with Crippen LogP contribution < -0.4 is 0 Å². The average Bonchev–Trinajstić information content (AvgIpc) is 2.04. The summed E-state index contributed by atoms with van der Waals surface area (Å²) in [6.45, 7) is 6.09. The van der Waals surface area contributed by atoms with Gasteiger partial charge in [0.05, 0.1) is 0 Å². The van der Waals surface area contributed by atoms with E-state index in [1.807, 2.05) is 0 Å². The van der Waals surface area contributed by atoms with E-state index < -0.39 is 0 Å². The standard InChI is InChI=1S/C7H16N2S2/c1-8-2-4-9(5-3-8)6-7-11-10/h10H,2-7H2,1H3. The highest BCUT2D eigenvalue weighted by molar-refractivity contribution is 8.68. The number of hydrogen-bond acceptors (Lipinski definition) is 4. The van der Waals surface area contributed by atoms with Gasteiger partial charge in [-0.2, -0.15) is 0 Å². The molecule has 0 unspecified atom stereocenters. The first-order valence-corrected chi connectivity index (χ1v) is 6.04. The van der Waals surface area contributed by atoms with Crippen molar-refractivity contribution >= 4 is 22.5 Å². The van der Waals surface area contributed by atoms with E-state index in [1.54, 1.807) is 10.8 Å². The van der Waals surface area contributed by atoms with Crippen LogP contribution in [0.4, 0.5) is 0 Å². The van der Waals surface area contributed by atoms with Crippen molar-refractivity contribution < 1.29 is 0 Å². The Bertz CT molecular complexity index is 99.9. The molecule has 0 aromatic carbocycles. The predicted octanol–water partition coefficient (Wildman–Crippen LogP) is 0.812. The predicted molar refractivity (Wildman–Crippen MR) is 55.4 cm³/mol. The Kier molecular flexibility index (Phi) is 4.67. The van der Waals surface area contributed by atoms with Crippen LogP contribution in [0.3, 0.4) is 0 Å². The average molecular weight is 192 g/mol. The number of rotatable bonds is 3. The zero-order chi connectivity index (χ0) is 8.10. The van der Waals surface area contributed by atoms with Gasteiger partial charge < -0.3 is 4.90 Å². The molecule has 1 aliphatic rings. The second-order valence-electron chi connectivity index (χ2n) is 2.98. The smallest absolute Gasteiger partial charge is 0.0162 e. The Morgan fingerprint density at radius 1 is 1.27 bits per heavy atom. The Morgan fingerprint density at radius 2 is 1.91 bits per heavy atom. The highest BCUT2D eigenvalue weighted by Gasteiger charge is 2.12. The molecule has 1 fully saturated rings. The zero-order valence-corrected chi connectivity index (χ0v) is 8.70. The van der Waals surface area contributed by atoms with Crippen molar-refractivity contribution in [3.63, 3.8) is 0 Å². The van der Waals surface area contributed by atoms with Gasteiger partial charge in [0.2, 0.25) is 0 Å². The Hall–Kier alpha value is 0.620. The summed E-state index contributed by atoms with van der Waals surface area (Å²) in [6.07, 6.45) is 0. The monoisotopic (exact) mass is 192 g/mol. The second kappa shape index (κ2) is 5.30. The largest absolute Gasteiger partial charge is 0.304 e. The van der Waals surface area contributed by atoms with Crippen molar-refractivity contribution in [2.45, 2.75) is 0 Å². The molecule has 0 amide bonds. The van der Waals surface area contributed by atoms with E-state index in [9.17, 15) is 0 Å². The molecule has 1 aliphatic heterocycles. The lowest BCUT2D eigenvalue weighted by molar-refractivity contribution is 0.161. The van der Waals surface area contributed by atoms with Gasteiger partial charge >= 0.3 is 0 Å². The lowest BCUT2D eigenvalue weighted by atomic mass is 10.3. The lowest BCUT2D eigenvalue weighted by Gasteiger charge is -2.31. The Labute approximate surface area is 78.1 Å². The van der Waals surface area contributed by atoms with Crippen molar-refractivity contribution in [2.24, 2.45) is 0 Å². The van der Waals surface area contributed by atoms with E-state index in [2.05, 4.69) is 28.5 Å². The molecule has 0 saturated carbocycles. The summed E-state index contributed by atoms with van der Waals surface area (Å²) >= 11 is 4.12. The van der Waals surface area contributed by atoms with Crippen molar-refractivity contribution in [1.29, 1.82) is 0 Å². The zero-order valence-electron chi connectivity index (χ0n) is 6.99. The molecule has 4 heteroatoms. The molecule has 0 aliphatic carbocycles. The molecule has 66 valence electrons. The van der Waals surface area contributed by atoms with Crippen molar-refractivity contribution in [3.8, 4) is 0 Å². The fourth-order valence-electron chi connectivity index (χ4n) is 1.24. The summed E-state index contributed by atoms with van der Waals surface area (Å²) in [5.41, 5.74) is 0. The quantitative estimate of drug-likeness (QED) is 0.523. The third-order valence-corrected chi connectivity index (χ3v) is 3.01. The van der Waals surface area contributed by atoms with Gasteiger partial charge in [-0.05, 0) is 7.05 Å². The van der Waals surface area contributed by atoms with Crippen molar-refractivity contribution in [2.75, 3.05) is 45.5 Å². The van der Waals surface area contributed by atoms with Crippen LogP contribution >= 0.6 is 22.5 Å². The molecule has 1 heterocycles. The molecule has 0 aromatic rings. The molecule has 11 heavy (non-hydrogen) atoms. The van der Waals surface area contributed by atoms with Crippen LogP contribution in [0.15, 0.2) is 0 Å². The van der Waals surface area contributed by atoms with Gasteiger partial charge in [-0.3, -0.25) is 4.90 Å². The summed E-state index contributed by atoms with van der Waals surface area (Å²) < 4.78 is 0. The lowest BCUT2D eigenvalue weighted by Crippen LogP contribution is -2.45. The van der Waals surface area contributed by atoms with Crippen molar-refractivity contribution in [3.05, 3.63) is 0 Å². The Balaban J connectivity index is 2.07. The first-order chi connectivity index (χ1) is 5.33. The molecule has 1 saturated heterocycles. The summed E-state index contributed by atoms with van der Waals surface area (Å²) in [6, 6.07) is 0. The van der Waals surface area contributed by atoms with Gasteiger partial charge in [0, 0.05) is 38.5 Å². The van der Waals surface area contributed by atoms with E-state index in [1.165, 1.54) is 32.7 Å². The molecular formula is C7H16N2S2. The summed E-state index contributed by atoms with van der Waals surface area (Å²) in [4.78, 5) is 4.88. The molecule has 0 N–H and O–H groups in total. The summed E-state index contributed by atoms with van der Waals surface area (Å²) in [5.74, 6) is 1.15. The molecule has 0 aromatic heterocycles. The fraction of sp³-hybridized carbons (Fsp3) is 1.00. The minimum Gasteiger partial charge on any atom is -0.304 e. The molecular weight excluding hydrogens is 176 g/mol. The maximum atomic E-state index is 4.12. The number of hydrogen-bond donors (Lipinski definition) is 1. The van der Waals surface area contributed by atoms with Gasteiger partial charge in [-0.1, -0.05) is 10.8 Å². The van der Waals surface area contributed by atoms with Crippen LogP contribution in [0.5, 0.6) is 0 Å². The van der Waals surface area contributed by atoms with E-state index in [4.69, 9.17) is 0 Å². The first kappa shape index (κ1) is 9.71. The van der Waals surface area contributed by atoms with E-state index in [0.717, 1.165) is 5.75 Å². The minimum absolute atomic E-state index is 1.15. The van der Waals surface area contributed by atoms with E-state index in [0.29, 0.717) is 0 Å². The van der Waals surface area contributed by atoms with Gasteiger partial charge in [0.1, 0.15) is 0 Å². The number of likely N-dealkylation sites (N-methyl/N-ethyl adjacent to an activating group) is 1. The molecule has 0 bridgehead atoms. The highest BCUT2D eigenvalue weighted by atomic mass is 33.1. The maximum absolute atomic E-state index is 4.12. The molecule has 0 radical (unpaired) electrons. The normalized spacial score (nSPS) is 22.4. The Morgan fingerprint density at radius 3 is 2.45 bits per heavy atom. The highest BCUT2D eigenvalue weighted by Crippen LogP contribution is 2.06. The number of thiol groups is 1. The minimum atomic E-state index is 1.15. The van der Waals surface area contributed by atoms with Crippen LogP contribution in [0, 0.1) is 0 Å². The summed E-state index contributed by atoms with van der Waals surface area (Å²) in [7, 11) is 3.82. The second-order valence-corrected chi connectivity index (χ2v) is 4.42. The van der Waals surface area contributed by atoms with Crippen LogP contribution in [-0.2, 0) is 0 Å². The molecule has 0 spiro atoms. The molecule has 2 nitrogen and oxygen atoms in total. The van der Waals surface area contributed by atoms with Crippen LogP contribution in [0.1, 0.15) is 0 Å². The van der Waals surface area contributed by atoms with Crippen molar-refractivity contribution in [1.82, 2.24) is 9.80 Å². The van der Waals surface area contributed by atoms with Gasteiger partial charge in [0.25, 0.3) is 0 Å². The maximum Gasteiger partial charge on any atom is 0.0162 e. The first-order valence-electron chi connectivity index (χ1n) is 4.00. The van der Waals surface area contributed by atoms with Crippen LogP contribution in [0.25, 0.3) is 0 Å². The van der Waals surface area contributed by atoms with E-state index in [-0.39, 0.29) is 0 Å². The van der Waals surface area contributed by atoms with Gasteiger partial charge in [-0.15, -0.1) is 11.7 Å². The molecule has 1 rings (SSSR count). The SMILES string of the molecule is CN1CCN(CCSS)CC1. The van der Waals surface area contributed by atoms with Gasteiger partial charge in [0.15, 0.2) is 0 Å². The number of nitrogens with zero attached hydrogens (tertiary/aromatic N) is 2. The third kappa shape index (κ3) is 3.69. The number of piperazine rings is 1. The topological polar surface area (TPSA) is 6.48 Å².